The number of carbonyl (C=O) groups excluding carboxylic acids is 1. The Bertz CT molecular complexity index is 308. The molecule has 5 heteroatoms. The van der Waals surface area contributed by atoms with Crippen molar-refractivity contribution in [1.82, 2.24) is 5.48 Å². The van der Waals surface area contributed by atoms with Gasteiger partial charge < -0.3 is 0 Å². The summed E-state index contributed by atoms with van der Waals surface area (Å²) in [4.78, 5) is 10.8. The van der Waals surface area contributed by atoms with E-state index in [1.165, 1.54) is 5.48 Å². The molecule has 13 heavy (non-hydrogen) atoms. The lowest BCUT2D eigenvalue weighted by Crippen LogP contribution is -2.21. The molecule has 0 aliphatic heterocycles. The summed E-state index contributed by atoms with van der Waals surface area (Å²) in [7, 11) is 0. The highest BCUT2D eigenvalue weighted by Crippen LogP contribution is 2.24. The molecular weight excluding hydrogens is 213 g/mol. The first-order valence-corrected chi connectivity index (χ1v) is 4.26. The maximum Gasteiger partial charge on any atom is 0.247 e. The van der Waals surface area contributed by atoms with E-state index in [1.807, 2.05) is 0 Å². The first-order chi connectivity index (χ1) is 6.15. The molecule has 0 radical (unpaired) electrons. The van der Waals surface area contributed by atoms with Crippen molar-refractivity contribution in [3.8, 4) is 0 Å². The zero-order chi connectivity index (χ0) is 9.84. The number of nitrogens with one attached hydrogen (secondary N) is 1. The van der Waals surface area contributed by atoms with E-state index in [4.69, 9.17) is 28.4 Å². The van der Waals surface area contributed by atoms with E-state index >= 15 is 0 Å². The Labute approximate surface area is 85.2 Å². The summed E-state index contributed by atoms with van der Waals surface area (Å²) >= 11 is 11.6. The molecule has 1 aromatic carbocycles. The zero-order valence-electron chi connectivity index (χ0n) is 6.55. The number of carbonyl (C=O) groups is 1. The van der Waals surface area contributed by atoms with Gasteiger partial charge in [0.2, 0.25) is 5.91 Å². The predicted octanol–water partition coefficient (Wildman–Crippen LogP) is 2.04. The molecule has 0 aliphatic carbocycles. The first kappa shape index (κ1) is 10.3. The Balaban J connectivity index is 2.93. The minimum Gasteiger partial charge on any atom is -0.289 e. The van der Waals surface area contributed by atoms with Gasteiger partial charge in [0.25, 0.3) is 0 Å². The largest absolute Gasteiger partial charge is 0.289 e. The van der Waals surface area contributed by atoms with Crippen LogP contribution in [0.3, 0.4) is 0 Å². The SMILES string of the molecule is O=C(Cc1c(Cl)cccc1Cl)NO. The van der Waals surface area contributed by atoms with E-state index < -0.39 is 5.91 Å². The third-order valence-electron chi connectivity index (χ3n) is 1.52. The Kier molecular flexibility index (Phi) is 3.54. The fourth-order valence-corrected chi connectivity index (χ4v) is 1.43. The highest BCUT2D eigenvalue weighted by atomic mass is 35.5. The predicted molar refractivity (Wildman–Crippen MR) is 50.1 cm³/mol. The normalized spacial score (nSPS) is 9.77. The van der Waals surface area contributed by atoms with Crippen molar-refractivity contribution in [2.45, 2.75) is 6.42 Å². The van der Waals surface area contributed by atoms with Gasteiger partial charge in [0.1, 0.15) is 0 Å². The molecule has 0 saturated carbocycles. The van der Waals surface area contributed by atoms with E-state index in [9.17, 15) is 4.79 Å². The third-order valence-corrected chi connectivity index (χ3v) is 2.23. The number of hydrogen-bond donors (Lipinski definition) is 2. The van der Waals surface area contributed by atoms with Crippen LogP contribution in [0.5, 0.6) is 0 Å². The van der Waals surface area contributed by atoms with E-state index in [-0.39, 0.29) is 6.42 Å². The summed E-state index contributed by atoms with van der Waals surface area (Å²) in [6.07, 6.45) is -0.0327. The molecule has 3 nitrogen and oxygen atoms in total. The first-order valence-electron chi connectivity index (χ1n) is 3.51. The molecule has 0 aromatic heterocycles. The van der Waals surface area contributed by atoms with Gasteiger partial charge in [0, 0.05) is 10.0 Å². The molecule has 0 spiro atoms. The van der Waals surface area contributed by atoms with Crippen molar-refractivity contribution in [2.24, 2.45) is 0 Å². The molecule has 0 aliphatic rings. The molecule has 0 unspecified atom stereocenters. The minimum atomic E-state index is -0.546. The summed E-state index contributed by atoms with van der Waals surface area (Å²) in [5.41, 5.74) is 2.02. The average Bonchev–Trinajstić information content (AvgIpc) is 2.11. The number of rotatable bonds is 2. The quantitative estimate of drug-likeness (QED) is 0.591. The molecule has 1 rings (SSSR count). The van der Waals surface area contributed by atoms with Gasteiger partial charge in [0.05, 0.1) is 6.42 Å². The van der Waals surface area contributed by atoms with Crippen molar-refractivity contribution in [2.75, 3.05) is 0 Å². The second-order valence-electron chi connectivity index (χ2n) is 2.41. The summed E-state index contributed by atoms with van der Waals surface area (Å²) < 4.78 is 0. The van der Waals surface area contributed by atoms with E-state index in [0.717, 1.165) is 0 Å². The van der Waals surface area contributed by atoms with Crippen LogP contribution >= 0.6 is 23.2 Å². The van der Waals surface area contributed by atoms with E-state index in [1.54, 1.807) is 18.2 Å². The molecule has 0 heterocycles. The maximum atomic E-state index is 10.8. The van der Waals surface area contributed by atoms with E-state index in [0.29, 0.717) is 15.6 Å². The molecule has 1 aromatic rings. The Morgan fingerprint density at radius 3 is 2.38 bits per heavy atom. The van der Waals surface area contributed by atoms with Gasteiger partial charge in [-0.1, -0.05) is 29.3 Å². The van der Waals surface area contributed by atoms with Crippen molar-refractivity contribution in [1.29, 1.82) is 0 Å². The summed E-state index contributed by atoms with van der Waals surface area (Å²) in [6, 6.07) is 4.95. The van der Waals surface area contributed by atoms with Crippen LogP contribution in [-0.2, 0) is 11.2 Å². The van der Waals surface area contributed by atoms with Crippen LogP contribution in [0.1, 0.15) is 5.56 Å². The number of benzene rings is 1. The fourth-order valence-electron chi connectivity index (χ4n) is 0.901. The van der Waals surface area contributed by atoms with Crippen LogP contribution in [0.25, 0.3) is 0 Å². The number of halogens is 2. The van der Waals surface area contributed by atoms with Gasteiger partial charge in [-0.25, -0.2) is 5.48 Å². The van der Waals surface area contributed by atoms with Gasteiger partial charge in [0.15, 0.2) is 0 Å². The van der Waals surface area contributed by atoms with Crippen LogP contribution in [0.2, 0.25) is 10.0 Å². The smallest absolute Gasteiger partial charge is 0.247 e. The average molecular weight is 220 g/mol. The molecule has 0 bridgehead atoms. The molecule has 0 atom stereocenters. The van der Waals surface area contributed by atoms with Crippen molar-refractivity contribution < 1.29 is 10.0 Å². The molecule has 1 amide bonds. The topological polar surface area (TPSA) is 49.3 Å². The lowest BCUT2D eigenvalue weighted by molar-refractivity contribution is -0.128. The molecule has 2 N–H and O–H groups in total. The summed E-state index contributed by atoms with van der Waals surface area (Å²) in [5.74, 6) is -0.546. The van der Waals surface area contributed by atoms with Crippen molar-refractivity contribution >= 4 is 29.1 Å². The third kappa shape index (κ3) is 2.59. The second kappa shape index (κ2) is 4.46. The van der Waals surface area contributed by atoms with Gasteiger partial charge in [-0.15, -0.1) is 0 Å². The van der Waals surface area contributed by atoms with Crippen LogP contribution in [0, 0.1) is 0 Å². The van der Waals surface area contributed by atoms with Crippen LogP contribution in [-0.4, -0.2) is 11.1 Å². The summed E-state index contributed by atoms with van der Waals surface area (Å²) in [6.45, 7) is 0. The van der Waals surface area contributed by atoms with Crippen molar-refractivity contribution in [3.63, 3.8) is 0 Å². The Hall–Kier alpha value is -0.770. The fraction of sp³-hybridized carbons (Fsp3) is 0.125. The van der Waals surface area contributed by atoms with Gasteiger partial charge in [-0.2, -0.15) is 0 Å². The molecule has 0 saturated heterocycles. The highest BCUT2D eigenvalue weighted by Gasteiger charge is 2.09. The molecular formula is C8H7Cl2NO2. The maximum absolute atomic E-state index is 10.8. The number of hydroxylamine groups is 1. The number of amides is 1. The second-order valence-corrected chi connectivity index (χ2v) is 3.23. The Morgan fingerprint density at radius 2 is 1.92 bits per heavy atom. The number of hydrogen-bond acceptors (Lipinski definition) is 2. The summed E-state index contributed by atoms with van der Waals surface area (Å²) in [5, 5.41) is 9.12. The van der Waals surface area contributed by atoms with Crippen LogP contribution in [0.15, 0.2) is 18.2 Å². The monoisotopic (exact) mass is 219 g/mol. The van der Waals surface area contributed by atoms with E-state index in [2.05, 4.69) is 0 Å². The molecule has 0 fully saturated rings. The van der Waals surface area contributed by atoms with Gasteiger partial charge >= 0.3 is 0 Å². The minimum absolute atomic E-state index is 0.0327. The van der Waals surface area contributed by atoms with Crippen molar-refractivity contribution in [3.05, 3.63) is 33.8 Å². The standard InChI is InChI=1S/C8H7Cl2NO2/c9-6-2-1-3-7(10)5(6)4-8(12)11-13/h1-3,13H,4H2,(H,11,12). The lowest BCUT2D eigenvalue weighted by atomic mass is 10.1. The Morgan fingerprint density at radius 1 is 1.38 bits per heavy atom. The van der Waals surface area contributed by atoms with Crippen LogP contribution < -0.4 is 5.48 Å². The molecule has 70 valence electrons. The van der Waals surface area contributed by atoms with Gasteiger partial charge in [-0.05, 0) is 17.7 Å². The zero-order valence-corrected chi connectivity index (χ0v) is 8.06. The highest BCUT2D eigenvalue weighted by molar-refractivity contribution is 6.36. The van der Waals surface area contributed by atoms with Crippen LogP contribution in [0.4, 0.5) is 0 Å². The van der Waals surface area contributed by atoms with Gasteiger partial charge in [-0.3, -0.25) is 10.0 Å². The lowest BCUT2D eigenvalue weighted by Gasteiger charge is -2.04.